The van der Waals surface area contributed by atoms with E-state index in [1.165, 1.54) is 37.0 Å². The smallest absolute Gasteiger partial charge is 0.111 e. The highest BCUT2D eigenvalue weighted by atomic mass is 79.9. The molecule has 0 aliphatic carbocycles. The minimum absolute atomic E-state index is 1.17. The van der Waals surface area contributed by atoms with Crippen LogP contribution in [-0.4, -0.2) is 10.6 Å². The first-order valence-electron chi connectivity index (χ1n) is 5.08. The van der Waals surface area contributed by atoms with Gasteiger partial charge in [-0.25, -0.2) is 0 Å². The van der Waals surface area contributed by atoms with E-state index in [1.54, 1.807) is 0 Å². The molecule has 0 saturated heterocycles. The Morgan fingerprint density at radius 1 is 0.714 bits per heavy atom. The van der Waals surface area contributed by atoms with Gasteiger partial charge in [-0.2, -0.15) is 0 Å². The molecule has 0 radical (unpaired) electrons. The molecule has 0 aliphatic heterocycles. The van der Waals surface area contributed by atoms with Crippen LogP contribution in [0.5, 0.6) is 0 Å². The zero-order valence-electron chi connectivity index (χ0n) is 8.75. The van der Waals surface area contributed by atoms with Crippen molar-refractivity contribution in [3.05, 3.63) is 0 Å². The highest BCUT2D eigenvalue weighted by molar-refractivity contribution is 9.51. The van der Waals surface area contributed by atoms with Crippen molar-refractivity contribution in [2.75, 3.05) is 0 Å². The van der Waals surface area contributed by atoms with Crippen LogP contribution in [0.15, 0.2) is 0 Å². The zero-order valence-corrected chi connectivity index (χ0v) is 17.1. The molecule has 0 spiro atoms. The summed E-state index contributed by atoms with van der Waals surface area (Å²) in [5.74, 6) is 0. The Morgan fingerprint density at radius 3 is 1.21 bits per heavy atom. The number of rotatable bonds is 7. The Hall–Kier alpha value is 2.35. The molecule has 0 unspecified atom stereocenters. The molecule has 0 aromatic heterocycles. The molecular formula is C8H18Br4Si2. The molecule has 0 rings (SSSR count). The van der Waals surface area contributed by atoms with Crippen LogP contribution in [0.1, 0.15) is 26.7 Å². The van der Waals surface area contributed by atoms with Gasteiger partial charge in [0.15, 0.2) is 0 Å². The average molecular weight is 490 g/mol. The molecule has 0 atom stereocenters. The Kier molecular flexibility index (Phi) is 8.92. The minimum Gasteiger partial charge on any atom is -0.111 e. The molecule has 0 aromatic rings. The lowest BCUT2D eigenvalue weighted by atomic mass is 10.4. The lowest BCUT2D eigenvalue weighted by Crippen LogP contribution is -2.17. The molecule has 0 heterocycles. The Bertz CT molecular complexity index is 143. The molecule has 0 N–H and O–H groups in total. The van der Waals surface area contributed by atoms with Gasteiger partial charge in [-0.3, -0.25) is 0 Å². The maximum atomic E-state index is 3.82. The lowest BCUT2D eigenvalue weighted by Gasteiger charge is -2.17. The average Bonchev–Trinajstić information content (AvgIpc) is 2.13. The van der Waals surface area contributed by atoms with Crippen LogP contribution in [0.25, 0.3) is 0 Å². The van der Waals surface area contributed by atoms with Gasteiger partial charge in [0.1, 0.15) is 0 Å². The Labute approximate surface area is 121 Å². The second-order valence-electron chi connectivity index (χ2n) is 3.63. The molecule has 0 nitrogen and oxygen atoms in total. The number of unbranched alkanes of at least 4 members (excludes halogenated alkanes) is 1. The highest BCUT2D eigenvalue weighted by Gasteiger charge is 2.26. The van der Waals surface area contributed by atoms with E-state index in [4.69, 9.17) is 0 Å². The van der Waals surface area contributed by atoms with E-state index >= 15 is 0 Å². The topological polar surface area (TPSA) is 0 Å². The van der Waals surface area contributed by atoms with Crippen LogP contribution in [0.3, 0.4) is 0 Å². The monoisotopic (exact) mass is 486 g/mol. The molecule has 0 saturated carbocycles. The molecule has 86 valence electrons. The van der Waals surface area contributed by atoms with Crippen molar-refractivity contribution < 1.29 is 0 Å². The van der Waals surface area contributed by atoms with Gasteiger partial charge in [-0.15, -0.1) is 61.2 Å². The predicted octanol–water partition coefficient (Wildman–Crippen LogP) is 6.27. The molecule has 6 heteroatoms. The van der Waals surface area contributed by atoms with E-state index in [9.17, 15) is 0 Å². The fourth-order valence-electron chi connectivity index (χ4n) is 1.12. The van der Waals surface area contributed by atoms with E-state index < -0.39 is 10.6 Å². The summed E-state index contributed by atoms with van der Waals surface area (Å²) in [4.78, 5) is 0. The molecule has 0 amide bonds. The van der Waals surface area contributed by atoms with E-state index in [-0.39, 0.29) is 0 Å². The molecule has 0 bridgehead atoms. The first-order chi connectivity index (χ1) is 6.33. The van der Waals surface area contributed by atoms with Gasteiger partial charge in [0, 0.05) is 0 Å². The van der Waals surface area contributed by atoms with Gasteiger partial charge in [0.25, 0.3) is 0 Å². The maximum Gasteiger partial charge on any atom is 0.200 e. The van der Waals surface area contributed by atoms with Crippen molar-refractivity contribution in [2.24, 2.45) is 0 Å². The molecule has 0 aromatic carbocycles. The van der Waals surface area contributed by atoms with Crippen molar-refractivity contribution in [1.82, 2.24) is 0 Å². The van der Waals surface area contributed by atoms with Gasteiger partial charge in [-0.05, 0) is 24.2 Å². The summed E-state index contributed by atoms with van der Waals surface area (Å²) < 4.78 is 0. The number of halogens is 4. The van der Waals surface area contributed by atoms with Crippen molar-refractivity contribution in [3.8, 4) is 0 Å². The Morgan fingerprint density at radius 2 is 1.00 bits per heavy atom. The van der Waals surface area contributed by atoms with E-state index in [2.05, 4.69) is 75.0 Å². The van der Waals surface area contributed by atoms with Crippen LogP contribution < -0.4 is 0 Å². The first-order valence-corrected chi connectivity index (χ1v) is 18.9. The summed E-state index contributed by atoms with van der Waals surface area (Å²) in [6.07, 6.45) is 2.70. The third-order valence-corrected chi connectivity index (χ3v) is 18.1. The third-order valence-electron chi connectivity index (χ3n) is 2.37. The van der Waals surface area contributed by atoms with Gasteiger partial charge in [-0.1, -0.05) is 26.7 Å². The molecular weight excluding hydrogens is 472 g/mol. The van der Waals surface area contributed by atoms with E-state index in [0.29, 0.717) is 0 Å². The Balaban J connectivity index is 3.57. The van der Waals surface area contributed by atoms with Crippen LogP contribution in [0.4, 0.5) is 0 Å². The highest BCUT2D eigenvalue weighted by Crippen LogP contribution is 2.35. The molecule has 0 fully saturated rings. The van der Waals surface area contributed by atoms with Gasteiger partial charge in [0.2, 0.25) is 10.6 Å². The lowest BCUT2D eigenvalue weighted by molar-refractivity contribution is 0.865. The SMILES string of the molecule is CC[Si](Br)(Br)CCCC[Si](Br)(Br)CC. The molecule has 0 aliphatic rings. The molecule has 14 heavy (non-hydrogen) atoms. The summed E-state index contributed by atoms with van der Waals surface area (Å²) >= 11 is 15.3. The zero-order chi connectivity index (χ0) is 11.2. The van der Waals surface area contributed by atoms with Crippen molar-refractivity contribution in [3.63, 3.8) is 0 Å². The van der Waals surface area contributed by atoms with Crippen LogP contribution in [0.2, 0.25) is 24.2 Å². The van der Waals surface area contributed by atoms with E-state index in [1.807, 2.05) is 0 Å². The summed E-state index contributed by atoms with van der Waals surface area (Å²) in [5, 5.41) is -2.35. The quantitative estimate of drug-likeness (QED) is 0.224. The summed E-state index contributed by atoms with van der Waals surface area (Å²) in [5.41, 5.74) is 0. The number of hydrogen-bond acceptors (Lipinski definition) is 0. The van der Waals surface area contributed by atoms with Crippen LogP contribution in [0, 0.1) is 0 Å². The second kappa shape index (κ2) is 7.64. The van der Waals surface area contributed by atoms with Crippen molar-refractivity contribution in [2.45, 2.75) is 50.9 Å². The van der Waals surface area contributed by atoms with Crippen molar-refractivity contribution in [1.29, 1.82) is 0 Å². The standard InChI is InChI=1S/C8H18Br4Si2/c1-3-13(9,10)7-5-6-8-14(11,12)4-2/h3-8H2,1-2H3. The normalized spacial score (nSPS) is 13.3. The predicted molar refractivity (Wildman–Crippen MR) is 87.0 cm³/mol. The third kappa shape index (κ3) is 8.50. The number of hydrogen-bond donors (Lipinski definition) is 0. The first kappa shape index (κ1) is 16.4. The fraction of sp³-hybridized carbons (Fsp3) is 1.00. The van der Waals surface area contributed by atoms with Gasteiger partial charge >= 0.3 is 0 Å². The summed E-state index contributed by atoms with van der Waals surface area (Å²) in [6, 6.07) is 5.23. The van der Waals surface area contributed by atoms with E-state index in [0.717, 1.165) is 0 Å². The van der Waals surface area contributed by atoms with Crippen LogP contribution in [-0.2, 0) is 0 Å². The minimum atomic E-state index is -1.17. The van der Waals surface area contributed by atoms with Crippen molar-refractivity contribution >= 4 is 71.8 Å². The fourth-order valence-corrected chi connectivity index (χ4v) is 6.73. The maximum absolute atomic E-state index is 3.82. The van der Waals surface area contributed by atoms with Gasteiger partial charge in [0.05, 0.1) is 0 Å². The van der Waals surface area contributed by atoms with Gasteiger partial charge < -0.3 is 0 Å². The summed E-state index contributed by atoms with van der Waals surface area (Å²) in [6.45, 7) is 4.52. The van der Waals surface area contributed by atoms with Crippen LogP contribution >= 0.6 is 61.2 Å². The second-order valence-corrected chi connectivity index (χ2v) is 34.1. The largest absolute Gasteiger partial charge is 0.200 e. The summed E-state index contributed by atoms with van der Waals surface area (Å²) in [7, 11) is 0.